The number of carbonyl (C=O) groups is 1. The molecule has 1 atom stereocenters. The second-order valence-corrected chi connectivity index (χ2v) is 5.04. The maximum atomic E-state index is 11.9. The number of hydrogen-bond donors (Lipinski definition) is 2. The largest absolute Gasteiger partial charge is 0.468 e. The maximum Gasteiger partial charge on any atom is 0.327 e. The maximum absolute atomic E-state index is 11.9. The number of esters is 1. The van der Waals surface area contributed by atoms with Gasteiger partial charge in [0.15, 0.2) is 0 Å². The number of hydrogen-bond acceptors (Lipinski definition) is 4. The fourth-order valence-electron chi connectivity index (χ4n) is 2.54. The first kappa shape index (κ1) is 14.0. The molecule has 1 aromatic rings. The van der Waals surface area contributed by atoms with Crippen LogP contribution in [-0.4, -0.2) is 30.3 Å². The van der Waals surface area contributed by atoms with E-state index in [1.165, 1.54) is 7.11 Å². The summed E-state index contributed by atoms with van der Waals surface area (Å²) in [6, 6.07) is 9.43. The SMILES string of the molecule is COC(=O)[C@@H](NC1CCC(O)CC1)c1ccccc1. The first-order chi connectivity index (χ1) is 9.20. The van der Waals surface area contributed by atoms with E-state index in [1.54, 1.807) is 0 Å². The van der Waals surface area contributed by atoms with Crippen LogP contribution in [0.3, 0.4) is 0 Å². The molecule has 4 nitrogen and oxygen atoms in total. The Morgan fingerprint density at radius 2 is 1.89 bits per heavy atom. The van der Waals surface area contributed by atoms with Gasteiger partial charge in [0.1, 0.15) is 6.04 Å². The van der Waals surface area contributed by atoms with Gasteiger partial charge in [-0.3, -0.25) is 5.32 Å². The number of benzene rings is 1. The number of aliphatic hydroxyl groups is 1. The van der Waals surface area contributed by atoms with E-state index in [9.17, 15) is 9.90 Å². The number of carbonyl (C=O) groups excluding carboxylic acids is 1. The molecule has 0 bridgehead atoms. The highest BCUT2D eigenvalue weighted by molar-refractivity contribution is 5.77. The van der Waals surface area contributed by atoms with Crippen molar-refractivity contribution in [2.24, 2.45) is 0 Å². The summed E-state index contributed by atoms with van der Waals surface area (Å²) in [6.45, 7) is 0. The number of rotatable bonds is 4. The van der Waals surface area contributed by atoms with Crippen LogP contribution in [0.1, 0.15) is 37.3 Å². The summed E-state index contributed by atoms with van der Waals surface area (Å²) in [4.78, 5) is 11.9. The molecule has 19 heavy (non-hydrogen) atoms. The average Bonchev–Trinajstić information content (AvgIpc) is 2.47. The van der Waals surface area contributed by atoms with Crippen LogP contribution in [0.25, 0.3) is 0 Å². The molecule has 0 spiro atoms. The van der Waals surface area contributed by atoms with Gasteiger partial charge in [-0.25, -0.2) is 4.79 Å². The van der Waals surface area contributed by atoms with Crippen LogP contribution in [0.4, 0.5) is 0 Å². The van der Waals surface area contributed by atoms with Crippen molar-refractivity contribution in [3.8, 4) is 0 Å². The van der Waals surface area contributed by atoms with Crippen LogP contribution in [0.15, 0.2) is 30.3 Å². The Morgan fingerprint density at radius 3 is 2.47 bits per heavy atom. The topological polar surface area (TPSA) is 58.6 Å². The molecule has 0 saturated heterocycles. The third-order valence-corrected chi connectivity index (χ3v) is 3.67. The summed E-state index contributed by atoms with van der Waals surface area (Å²) in [5, 5.41) is 12.9. The Bertz CT molecular complexity index is 399. The van der Waals surface area contributed by atoms with Gasteiger partial charge in [-0.05, 0) is 31.2 Å². The minimum absolute atomic E-state index is 0.189. The van der Waals surface area contributed by atoms with E-state index in [2.05, 4.69) is 5.32 Å². The Kier molecular flexibility index (Phi) is 4.93. The Hall–Kier alpha value is -1.39. The average molecular weight is 263 g/mol. The van der Waals surface area contributed by atoms with Gasteiger partial charge in [-0.2, -0.15) is 0 Å². The van der Waals surface area contributed by atoms with Crippen molar-refractivity contribution in [3.63, 3.8) is 0 Å². The van der Waals surface area contributed by atoms with Crippen molar-refractivity contribution < 1.29 is 14.6 Å². The molecule has 0 aliphatic heterocycles. The standard InChI is InChI=1S/C15H21NO3/c1-19-15(18)14(11-5-3-2-4-6-11)16-12-7-9-13(17)10-8-12/h2-6,12-14,16-17H,7-10H2,1H3/t12?,13?,14-/m0/s1. The molecule has 0 unspecified atom stereocenters. The second kappa shape index (κ2) is 6.68. The molecule has 0 heterocycles. The van der Waals surface area contributed by atoms with E-state index < -0.39 is 6.04 Å². The van der Waals surface area contributed by atoms with Gasteiger partial charge in [0, 0.05) is 6.04 Å². The zero-order chi connectivity index (χ0) is 13.7. The lowest BCUT2D eigenvalue weighted by Gasteiger charge is -2.29. The second-order valence-electron chi connectivity index (χ2n) is 5.04. The number of aliphatic hydroxyl groups excluding tert-OH is 1. The zero-order valence-electron chi connectivity index (χ0n) is 11.2. The zero-order valence-corrected chi connectivity index (χ0v) is 11.2. The summed E-state index contributed by atoms with van der Waals surface area (Å²) < 4.78 is 4.88. The molecule has 0 amide bonds. The first-order valence-corrected chi connectivity index (χ1v) is 6.77. The highest BCUT2D eigenvalue weighted by Crippen LogP contribution is 2.22. The van der Waals surface area contributed by atoms with E-state index in [-0.39, 0.29) is 18.1 Å². The number of methoxy groups -OCH3 is 1. The lowest BCUT2D eigenvalue weighted by atomic mass is 9.92. The molecular weight excluding hydrogens is 242 g/mol. The van der Waals surface area contributed by atoms with E-state index in [1.807, 2.05) is 30.3 Å². The molecule has 2 N–H and O–H groups in total. The predicted molar refractivity (Wildman–Crippen MR) is 72.6 cm³/mol. The van der Waals surface area contributed by atoms with Gasteiger partial charge in [0.2, 0.25) is 0 Å². The highest BCUT2D eigenvalue weighted by Gasteiger charge is 2.27. The predicted octanol–water partition coefficient (Wildman–Crippen LogP) is 1.79. The van der Waals surface area contributed by atoms with Crippen LogP contribution in [-0.2, 0) is 9.53 Å². The van der Waals surface area contributed by atoms with Crippen molar-refractivity contribution in [2.45, 2.75) is 43.9 Å². The van der Waals surface area contributed by atoms with Crippen LogP contribution >= 0.6 is 0 Å². The molecule has 1 aliphatic carbocycles. The van der Waals surface area contributed by atoms with Crippen molar-refractivity contribution in [3.05, 3.63) is 35.9 Å². The van der Waals surface area contributed by atoms with Crippen LogP contribution in [0.5, 0.6) is 0 Å². The van der Waals surface area contributed by atoms with Crippen LogP contribution < -0.4 is 5.32 Å². The van der Waals surface area contributed by atoms with Crippen LogP contribution in [0, 0.1) is 0 Å². The van der Waals surface area contributed by atoms with Crippen molar-refractivity contribution >= 4 is 5.97 Å². The molecule has 1 aromatic carbocycles. The Labute approximate surface area is 113 Å². The van der Waals surface area contributed by atoms with Crippen molar-refractivity contribution in [1.29, 1.82) is 0 Å². The summed E-state index contributed by atoms with van der Waals surface area (Å²) >= 11 is 0. The molecule has 2 rings (SSSR count). The first-order valence-electron chi connectivity index (χ1n) is 6.77. The van der Waals surface area contributed by atoms with Crippen LogP contribution in [0.2, 0.25) is 0 Å². The van der Waals surface area contributed by atoms with E-state index >= 15 is 0 Å². The molecule has 1 saturated carbocycles. The lowest BCUT2D eigenvalue weighted by molar-refractivity contribution is -0.143. The summed E-state index contributed by atoms with van der Waals surface area (Å²) in [7, 11) is 1.41. The third kappa shape index (κ3) is 3.78. The smallest absolute Gasteiger partial charge is 0.327 e. The Morgan fingerprint density at radius 1 is 1.26 bits per heavy atom. The van der Waals surface area contributed by atoms with Gasteiger partial charge in [-0.15, -0.1) is 0 Å². The molecule has 104 valence electrons. The van der Waals surface area contributed by atoms with E-state index in [0.29, 0.717) is 0 Å². The third-order valence-electron chi connectivity index (χ3n) is 3.67. The Balaban J connectivity index is 2.05. The van der Waals surface area contributed by atoms with Gasteiger partial charge in [0.05, 0.1) is 13.2 Å². The summed E-state index contributed by atoms with van der Waals surface area (Å²) in [5.74, 6) is -0.266. The molecule has 0 aromatic heterocycles. The molecular formula is C15H21NO3. The lowest BCUT2D eigenvalue weighted by Crippen LogP contribution is -2.40. The molecule has 1 fully saturated rings. The monoisotopic (exact) mass is 263 g/mol. The number of ether oxygens (including phenoxy) is 1. The van der Waals surface area contributed by atoms with Crippen molar-refractivity contribution in [1.82, 2.24) is 5.32 Å². The normalized spacial score (nSPS) is 24.7. The summed E-state index contributed by atoms with van der Waals surface area (Å²) in [6.07, 6.45) is 3.18. The van der Waals surface area contributed by atoms with Gasteiger partial charge >= 0.3 is 5.97 Å². The quantitative estimate of drug-likeness (QED) is 0.813. The van der Waals surface area contributed by atoms with Gasteiger partial charge < -0.3 is 9.84 Å². The highest BCUT2D eigenvalue weighted by atomic mass is 16.5. The minimum atomic E-state index is -0.425. The number of nitrogens with one attached hydrogen (secondary N) is 1. The fraction of sp³-hybridized carbons (Fsp3) is 0.533. The van der Waals surface area contributed by atoms with E-state index in [4.69, 9.17) is 4.74 Å². The van der Waals surface area contributed by atoms with E-state index in [0.717, 1.165) is 31.2 Å². The molecule has 1 aliphatic rings. The van der Waals surface area contributed by atoms with Gasteiger partial charge in [0.25, 0.3) is 0 Å². The summed E-state index contributed by atoms with van der Waals surface area (Å²) in [5.41, 5.74) is 0.917. The fourth-order valence-corrected chi connectivity index (χ4v) is 2.54. The molecule has 0 radical (unpaired) electrons. The minimum Gasteiger partial charge on any atom is -0.468 e. The van der Waals surface area contributed by atoms with Gasteiger partial charge in [-0.1, -0.05) is 30.3 Å². The van der Waals surface area contributed by atoms with Crippen molar-refractivity contribution in [2.75, 3.05) is 7.11 Å². The molecule has 4 heteroatoms.